The van der Waals surface area contributed by atoms with Gasteiger partial charge in [0.2, 0.25) is 0 Å². The average molecular weight is 262 g/mol. The Hall–Kier alpha value is -2.50. The Morgan fingerprint density at radius 1 is 1.47 bits per heavy atom. The molecule has 0 spiro atoms. The van der Waals surface area contributed by atoms with E-state index in [4.69, 9.17) is 9.94 Å². The van der Waals surface area contributed by atoms with E-state index in [-0.39, 0.29) is 24.5 Å². The summed E-state index contributed by atoms with van der Waals surface area (Å²) in [5, 5.41) is 22.1. The Morgan fingerprint density at radius 3 is 2.95 bits per heavy atom. The maximum atomic E-state index is 11.5. The van der Waals surface area contributed by atoms with Gasteiger partial charge in [0.1, 0.15) is 5.75 Å². The molecule has 0 atom stereocenters. The lowest BCUT2D eigenvalue weighted by molar-refractivity contribution is -0.135. The molecule has 6 heteroatoms. The SMILES string of the molecule is CCOC(=O)/C(Cc1c[nH]c2ccc(O)cc12)=N\O. The maximum Gasteiger partial charge on any atom is 0.356 e. The Balaban J connectivity index is 2.30. The number of phenols is 1. The summed E-state index contributed by atoms with van der Waals surface area (Å²) in [5.74, 6) is -0.522. The molecule has 6 nitrogen and oxygen atoms in total. The van der Waals surface area contributed by atoms with Gasteiger partial charge in [-0.05, 0) is 30.7 Å². The highest BCUT2D eigenvalue weighted by molar-refractivity contribution is 6.37. The minimum Gasteiger partial charge on any atom is -0.508 e. The van der Waals surface area contributed by atoms with Crippen LogP contribution in [0.4, 0.5) is 0 Å². The normalized spacial score (nSPS) is 11.7. The second-order valence-corrected chi connectivity index (χ2v) is 3.99. The molecule has 0 aliphatic heterocycles. The Morgan fingerprint density at radius 2 is 2.26 bits per heavy atom. The van der Waals surface area contributed by atoms with Crippen LogP contribution in [0.3, 0.4) is 0 Å². The number of esters is 1. The second kappa shape index (κ2) is 5.43. The quantitative estimate of drug-likeness (QED) is 0.339. The summed E-state index contributed by atoms with van der Waals surface area (Å²) < 4.78 is 4.79. The Kier molecular flexibility index (Phi) is 3.70. The van der Waals surface area contributed by atoms with Crippen LogP contribution >= 0.6 is 0 Å². The molecule has 0 aliphatic carbocycles. The third-order valence-electron chi connectivity index (χ3n) is 2.74. The number of nitrogens with zero attached hydrogens (tertiary/aromatic N) is 1. The van der Waals surface area contributed by atoms with Crippen LogP contribution in [0.5, 0.6) is 5.75 Å². The summed E-state index contributed by atoms with van der Waals surface area (Å²) in [5.41, 5.74) is 1.49. The van der Waals surface area contributed by atoms with Gasteiger partial charge in [-0.15, -0.1) is 0 Å². The second-order valence-electron chi connectivity index (χ2n) is 3.99. The number of H-pyrrole nitrogens is 1. The Bertz CT molecular complexity index is 631. The number of nitrogens with one attached hydrogen (secondary N) is 1. The number of ether oxygens (including phenoxy) is 1. The number of carbonyl (C=O) groups excluding carboxylic acids is 1. The first-order valence-electron chi connectivity index (χ1n) is 5.82. The molecule has 0 aliphatic rings. The van der Waals surface area contributed by atoms with Gasteiger partial charge in [0.25, 0.3) is 0 Å². The number of hydrogen-bond donors (Lipinski definition) is 3. The lowest BCUT2D eigenvalue weighted by Crippen LogP contribution is -2.19. The van der Waals surface area contributed by atoms with Gasteiger partial charge >= 0.3 is 5.97 Å². The average Bonchev–Trinajstić information content (AvgIpc) is 2.78. The predicted molar refractivity (Wildman–Crippen MR) is 69.5 cm³/mol. The zero-order valence-corrected chi connectivity index (χ0v) is 10.4. The van der Waals surface area contributed by atoms with Gasteiger partial charge < -0.3 is 20.0 Å². The highest BCUT2D eigenvalue weighted by atomic mass is 16.5. The maximum absolute atomic E-state index is 11.5. The van der Waals surface area contributed by atoms with E-state index in [0.29, 0.717) is 0 Å². The number of aromatic nitrogens is 1. The van der Waals surface area contributed by atoms with Crippen molar-refractivity contribution in [2.24, 2.45) is 5.16 Å². The first kappa shape index (κ1) is 12.9. The highest BCUT2D eigenvalue weighted by Crippen LogP contribution is 2.23. The molecule has 19 heavy (non-hydrogen) atoms. The molecular formula is C13H14N2O4. The fraction of sp³-hybridized carbons (Fsp3) is 0.231. The topological polar surface area (TPSA) is 94.9 Å². The van der Waals surface area contributed by atoms with E-state index in [1.807, 2.05) is 0 Å². The first-order valence-corrected chi connectivity index (χ1v) is 5.82. The smallest absolute Gasteiger partial charge is 0.356 e. The summed E-state index contributed by atoms with van der Waals surface area (Å²) >= 11 is 0. The molecule has 100 valence electrons. The first-order chi connectivity index (χ1) is 9.15. The number of aromatic amines is 1. The summed E-state index contributed by atoms with van der Waals surface area (Å²) in [6, 6.07) is 4.88. The number of benzene rings is 1. The van der Waals surface area contributed by atoms with E-state index in [1.54, 1.807) is 31.3 Å². The predicted octanol–water partition coefficient (Wildman–Crippen LogP) is 1.81. The van der Waals surface area contributed by atoms with Crippen molar-refractivity contribution in [1.29, 1.82) is 0 Å². The summed E-state index contributed by atoms with van der Waals surface area (Å²) in [6.45, 7) is 1.89. The minimum absolute atomic E-state index is 0.0777. The van der Waals surface area contributed by atoms with Crippen LogP contribution in [0, 0.1) is 0 Å². The molecule has 2 aromatic rings. The molecule has 0 radical (unpaired) electrons. The van der Waals surface area contributed by atoms with Crippen molar-refractivity contribution >= 4 is 22.6 Å². The molecule has 0 amide bonds. The van der Waals surface area contributed by atoms with Crippen molar-refractivity contribution in [3.05, 3.63) is 30.0 Å². The van der Waals surface area contributed by atoms with Crippen LogP contribution in [0.25, 0.3) is 10.9 Å². The van der Waals surface area contributed by atoms with Crippen molar-refractivity contribution in [3.8, 4) is 5.75 Å². The van der Waals surface area contributed by atoms with Crippen LogP contribution in [-0.4, -0.2) is 33.6 Å². The minimum atomic E-state index is -0.653. The molecule has 0 saturated heterocycles. The molecule has 0 unspecified atom stereocenters. The third-order valence-corrected chi connectivity index (χ3v) is 2.74. The Labute approximate surface area is 109 Å². The zero-order chi connectivity index (χ0) is 13.8. The van der Waals surface area contributed by atoms with Gasteiger partial charge in [-0.25, -0.2) is 4.79 Å². The van der Waals surface area contributed by atoms with Crippen LogP contribution in [-0.2, 0) is 16.0 Å². The number of hydrogen-bond acceptors (Lipinski definition) is 5. The van der Waals surface area contributed by atoms with Crippen LogP contribution in [0.15, 0.2) is 29.6 Å². The van der Waals surface area contributed by atoms with E-state index >= 15 is 0 Å². The standard InChI is InChI=1S/C13H14N2O4/c1-2-19-13(17)12(15-18)5-8-7-14-11-4-3-9(16)6-10(8)11/h3-4,6-7,14,16,18H,2,5H2,1H3/b15-12-. The van der Waals surface area contributed by atoms with Crippen LogP contribution in [0.1, 0.15) is 12.5 Å². The van der Waals surface area contributed by atoms with Crippen molar-refractivity contribution < 1.29 is 19.8 Å². The zero-order valence-electron chi connectivity index (χ0n) is 10.4. The summed E-state index contributed by atoms with van der Waals surface area (Å²) in [4.78, 5) is 14.5. The molecule has 3 N–H and O–H groups in total. The van der Waals surface area contributed by atoms with Crippen LogP contribution in [0.2, 0.25) is 0 Å². The fourth-order valence-electron chi connectivity index (χ4n) is 1.86. The van der Waals surface area contributed by atoms with Gasteiger partial charge in [-0.2, -0.15) is 0 Å². The van der Waals surface area contributed by atoms with Crippen molar-refractivity contribution in [2.45, 2.75) is 13.3 Å². The molecule has 0 saturated carbocycles. The van der Waals surface area contributed by atoms with Crippen LogP contribution < -0.4 is 0 Å². The molecule has 1 aromatic heterocycles. The fourth-order valence-corrected chi connectivity index (χ4v) is 1.86. The van der Waals surface area contributed by atoms with Gasteiger partial charge in [-0.3, -0.25) is 0 Å². The van der Waals surface area contributed by atoms with Crippen molar-refractivity contribution in [2.75, 3.05) is 6.61 Å². The lowest BCUT2D eigenvalue weighted by atomic mass is 10.1. The number of phenolic OH excluding ortho intramolecular Hbond substituents is 1. The monoisotopic (exact) mass is 262 g/mol. The van der Waals surface area contributed by atoms with Gasteiger partial charge in [0, 0.05) is 23.5 Å². The molecule has 0 bridgehead atoms. The van der Waals surface area contributed by atoms with E-state index in [2.05, 4.69) is 10.1 Å². The molecule has 2 rings (SSSR count). The van der Waals surface area contributed by atoms with E-state index in [0.717, 1.165) is 16.5 Å². The number of rotatable bonds is 4. The number of carbonyl (C=O) groups is 1. The van der Waals surface area contributed by atoms with Crippen molar-refractivity contribution in [1.82, 2.24) is 4.98 Å². The van der Waals surface area contributed by atoms with Gasteiger partial charge in [0.05, 0.1) is 6.61 Å². The number of oxime groups is 1. The summed E-state index contributed by atoms with van der Waals surface area (Å²) in [6.07, 6.45) is 1.83. The van der Waals surface area contributed by atoms with E-state index in [9.17, 15) is 9.90 Å². The lowest BCUT2D eigenvalue weighted by Gasteiger charge is -2.03. The number of fused-ring (bicyclic) bond motifs is 1. The molecule has 1 aromatic carbocycles. The van der Waals surface area contributed by atoms with Gasteiger partial charge in [0.15, 0.2) is 5.71 Å². The van der Waals surface area contributed by atoms with E-state index < -0.39 is 5.97 Å². The van der Waals surface area contributed by atoms with Crippen molar-refractivity contribution in [3.63, 3.8) is 0 Å². The van der Waals surface area contributed by atoms with Gasteiger partial charge in [-0.1, -0.05) is 5.16 Å². The highest BCUT2D eigenvalue weighted by Gasteiger charge is 2.16. The summed E-state index contributed by atoms with van der Waals surface area (Å²) in [7, 11) is 0. The molecule has 0 fully saturated rings. The molecule has 1 heterocycles. The third kappa shape index (κ3) is 2.67. The molecular weight excluding hydrogens is 248 g/mol. The van der Waals surface area contributed by atoms with E-state index in [1.165, 1.54) is 0 Å². The number of aromatic hydroxyl groups is 1. The largest absolute Gasteiger partial charge is 0.508 e.